The van der Waals surface area contributed by atoms with E-state index in [-0.39, 0.29) is 0 Å². The van der Waals surface area contributed by atoms with Crippen LogP contribution in [0, 0.1) is 13.8 Å². The zero-order chi connectivity index (χ0) is 15.3. The summed E-state index contributed by atoms with van der Waals surface area (Å²) >= 11 is 1.67. The summed E-state index contributed by atoms with van der Waals surface area (Å²) in [6, 6.07) is 11.4. The van der Waals surface area contributed by atoms with Crippen molar-refractivity contribution in [1.82, 2.24) is 15.0 Å². The maximum absolute atomic E-state index is 4.80. The van der Waals surface area contributed by atoms with Gasteiger partial charge in [-0.05, 0) is 32.0 Å². The van der Waals surface area contributed by atoms with E-state index in [0.29, 0.717) is 5.88 Å². The van der Waals surface area contributed by atoms with Crippen LogP contribution in [0.3, 0.4) is 0 Å². The molecule has 21 heavy (non-hydrogen) atoms. The maximum Gasteiger partial charge on any atom is 0.212 e. The largest absolute Gasteiger partial charge is 0.481 e. The Kier molecular flexibility index (Phi) is 8.40. The van der Waals surface area contributed by atoms with Crippen molar-refractivity contribution < 1.29 is 4.74 Å². The second kappa shape index (κ2) is 10.5. The van der Waals surface area contributed by atoms with Crippen LogP contribution in [0.25, 0.3) is 0 Å². The highest BCUT2D eigenvalue weighted by Gasteiger charge is 1.82. The summed E-state index contributed by atoms with van der Waals surface area (Å²) in [5.74, 6) is 0.660. The number of hydrogen-bond acceptors (Lipinski definition) is 5. The molecule has 3 aromatic rings. The Hall–Kier alpha value is -2.27. The molecule has 0 aliphatic heterocycles. The highest BCUT2D eigenvalue weighted by atomic mass is 32.1. The minimum Gasteiger partial charge on any atom is -0.481 e. The van der Waals surface area contributed by atoms with Gasteiger partial charge < -0.3 is 4.74 Å². The third-order valence-corrected chi connectivity index (χ3v) is 2.92. The van der Waals surface area contributed by atoms with Crippen molar-refractivity contribution in [3.05, 3.63) is 71.1 Å². The molecule has 0 aliphatic carbocycles. The zero-order valence-electron chi connectivity index (χ0n) is 12.4. The zero-order valence-corrected chi connectivity index (χ0v) is 13.2. The Balaban J connectivity index is 0.000000159. The van der Waals surface area contributed by atoms with Gasteiger partial charge in [0.25, 0.3) is 0 Å². The van der Waals surface area contributed by atoms with Crippen LogP contribution in [0.1, 0.15) is 10.7 Å². The van der Waals surface area contributed by atoms with Crippen molar-refractivity contribution in [2.24, 2.45) is 0 Å². The van der Waals surface area contributed by atoms with Gasteiger partial charge in [-0.15, -0.1) is 11.3 Å². The Labute approximate surface area is 129 Å². The quantitative estimate of drug-likeness (QED) is 0.683. The van der Waals surface area contributed by atoms with Crippen molar-refractivity contribution in [1.29, 1.82) is 0 Å². The highest BCUT2D eigenvalue weighted by Crippen LogP contribution is 1.99. The van der Waals surface area contributed by atoms with E-state index in [1.807, 2.05) is 49.6 Å². The Bertz CT molecular complexity index is 571. The molecule has 3 heterocycles. The number of hydrogen-bond donors (Lipinski definition) is 0. The number of aryl methyl sites for hydroxylation is 2. The summed E-state index contributed by atoms with van der Waals surface area (Å²) in [5, 5.41) is 3.10. The molecule has 4 nitrogen and oxygen atoms in total. The summed E-state index contributed by atoms with van der Waals surface area (Å²) in [7, 11) is 1.60. The van der Waals surface area contributed by atoms with Gasteiger partial charge >= 0.3 is 0 Å². The van der Waals surface area contributed by atoms with Gasteiger partial charge in [0.2, 0.25) is 5.88 Å². The van der Waals surface area contributed by atoms with Gasteiger partial charge in [0.05, 0.1) is 12.1 Å². The predicted octanol–water partition coefficient (Wildman–Crippen LogP) is 3.93. The second-order valence-electron chi connectivity index (χ2n) is 3.89. The van der Waals surface area contributed by atoms with Crippen molar-refractivity contribution in [2.45, 2.75) is 13.8 Å². The number of methoxy groups -OCH3 is 1. The molecule has 110 valence electrons. The SMILES string of the molecule is COc1ccccn1.Cc1ccccn1.Cc1nccs1. The highest BCUT2D eigenvalue weighted by molar-refractivity contribution is 7.09. The minimum atomic E-state index is 0.660. The lowest BCUT2D eigenvalue weighted by Crippen LogP contribution is -1.83. The summed E-state index contributed by atoms with van der Waals surface area (Å²) in [4.78, 5) is 11.8. The molecule has 0 N–H and O–H groups in total. The average molecular weight is 301 g/mol. The molecule has 0 aromatic carbocycles. The lowest BCUT2D eigenvalue weighted by atomic mass is 10.4. The molecule has 0 bridgehead atoms. The molecule has 0 spiro atoms. The van der Waals surface area contributed by atoms with Crippen LogP contribution in [0.4, 0.5) is 0 Å². The van der Waals surface area contributed by atoms with E-state index in [2.05, 4.69) is 15.0 Å². The van der Waals surface area contributed by atoms with Crippen molar-refractivity contribution in [3.63, 3.8) is 0 Å². The normalized spacial score (nSPS) is 8.71. The second-order valence-corrected chi connectivity index (χ2v) is 4.99. The van der Waals surface area contributed by atoms with Crippen molar-refractivity contribution in [2.75, 3.05) is 7.11 Å². The van der Waals surface area contributed by atoms with E-state index in [0.717, 1.165) is 10.7 Å². The minimum absolute atomic E-state index is 0.660. The Morgan fingerprint density at radius 1 is 0.857 bits per heavy atom. The molecule has 0 amide bonds. The number of thiazole rings is 1. The number of pyridine rings is 2. The molecule has 0 atom stereocenters. The fraction of sp³-hybridized carbons (Fsp3) is 0.188. The van der Waals surface area contributed by atoms with E-state index < -0.39 is 0 Å². The Morgan fingerprint density at radius 2 is 1.57 bits per heavy atom. The number of nitrogens with zero attached hydrogens (tertiary/aromatic N) is 3. The van der Waals surface area contributed by atoms with E-state index in [1.165, 1.54) is 0 Å². The fourth-order valence-electron chi connectivity index (χ4n) is 1.21. The van der Waals surface area contributed by atoms with Crippen LogP contribution in [-0.4, -0.2) is 22.1 Å². The summed E-state index contributed by atoms with van der Waals surface area (Å²) in [6.45, 7) is 3.96. The first-order valence-corrected chi connectivity index (χ1v) is 7.29. The monoisotopic (exact) mass is 301 g/mol. The van der Waals surface area contributed by atoms with Crippen LogP contribution in [0.15, 0.2) is 60.4 Å². The lowest BCUT2D eigenvalue weighted by molar-refractivity contribution is 0.398. The van der Waals surface area contributed by atoms with Crippen molar-refractivity contribution in [3.8, 4) is 5.88 Å². The molecule has 0 saturated carbocycles. The van der Waals surface area contributed by atoms with Gasteiger partial charge in [-0.1, -0.05) is 12.1 Å². The smallest absolute Gasteiger partial charge is 0.212 e. The number of rotatable bonds is 1. The van der Waals surface area contributed by atoms with E-state index in [4.69, 9.17) is 4.74 Å². The molecule has 3 aromatic heterocycles. The molecular weight excluding hydrogens is 282 g/mol. The van der Waals surface area contributed by atoms with E-state index in [9.17, 15) is 0 Å². The van der Waals surface area contributed by atoms with Crippen LogP contribution in [0.5, 0.6) is 5.88 Å². The lowest BCUT2D eigenvalue weighted by Gasteiger charge is -1.92. The molecule has 0 radical (unpaired) electrons. The Morgan fingerprint density at radius 3 is 1.81 bits per heavy atom. The number of aromatic nitrogens is 3. The molecule has 0 unspecified atom stereocenters. The molecule has 0 aliphatic rings. The molecule has 0 saturated heterocycles. The molecule has 0 fully saturated rings. The molecule has 5 heteroatoms. The van der Waals surface area contributed by atoms with Crippen LogP contribution < -0.4 is 4.74 Å². The number of ether oxygens (including phenoxy) is 1. The summed E-state index contributed by atoms with van der Waals surface area (Å²) < 4.78 is 4.80. The standard InChI is InChI=1S/C6H7NO.C6H7N.C4H5NS/c1-8-6-4-2-3-5-7-6;1-6-4-2-3-5-7-6;1-4-5-2-3-6-4/h2-5H,1H3;2-5H,1H3;2-3H,1H3. The predicted molar refractivity (Wildman–Crippen MR) is 86.6 cm³/mol. The van der Waals surface area contributed by atoms with E-state index in [1.54, 1.807) is 43.1 Å². The third kappa shape index (κ3) is 8.49. The fourth-order valence-corrected chi connectivity index (χ4v) is 1.65. The first-order valence-electron chi connectivity index (χ1n) is 6.41. The first kappa shape index (κ1) is 16.8. The van der Waals surface area contributed by atoms with Gasteiger partial charge in [0.1, 0.15) is 0 Å². The van der Waals surface area contributed by atoms with Crippen LogP contribution >= 0.6 is 11.3 Å². The van der Waals surface area contributed by atoms with Crippen LogP contribution in [-0.2, 0) is 0 Å². The molecule has 3 rings (SSSR count). The topological polar surface area (TPSA) is 47.9 Å². The molecular formula is C16H19N3OS. The van der Waals surface area contributed by atoms with Gasteiger partial charge in [-0.3, -0.25) is 9.97 Å². The van der Waals surface area contributed by atoms with E-state index >= 15 is 0 Å². The summed E-state index contributed by atoms with van der Waals surface area (Å²) in [5.41, 5.74) is 1.07. The van der Waals surface area contributed by atoms with Gasteiger partial charge in [0, 0.05) is 35.7 Å². The summed E-state index contributed by atoms with van der Waals surface area (Å²) in [6.07, 6.45) is 5.29. The van der Waals surface area contributed by atoms with Gasteiger partial charge in [0.15, 0.2) is 0 Å². The van der Waals surface area contributed by atoms with Crippen LogP contribution in [0.2, 0.25) is 0 Å². The van der Waals surface area contributed by atoms with Gasteiger partial charge in [-0.2, -0.15) is 0 Å². The maximum atomic E-state index is 4.80. The van der Waals surface area contributed by atoms with Crippen molar-refractivity contribution >= 4 is 11.3 Å². The first-order chi connectivity index (χ1) is 10.2. The third-order valence-electron chi connectivity index (χ3n) is 2.22. The average Bonchev–Trinajstić information content (AvgIpc) is 3.01. The van der Waals surface area contributed by atoms with Gasteiger partial charge in [-0.25, -0.2) is 4.98 Å².